The van der Waals surface area contributed by atoms with Gasteiger partial charge in [-0.25, -0.2) is 4.68 Å². The quantitative estimate of drug-likeness (QED) is 0.803. The Bertz CT molecular complexity index is 606. The van der Waals surface area contributed by atoms with Crippen molar-refractivity contribution in [2.24, 2.45) is 5.73 Å². The van der Waals surface area contributed by atoms with E-state index in [1.54, 1.807) is 24.0 Å². The zero-order valence-electron chi connectivity index (χ0n) is 9.75. The lowest BCUT2D eigenvalue weighted by Gasteiger charge is -2.07. The zero-order chi connectivity index (χ0) is 13.1. The Labute approximate surface area is 110 Å². The van der Waals surface area contributed by atoms with Gasteiger partial charge in [0.2, 0.25) is 0 Å². The van der Waals surface area contributed by atoms with Crippen molar-refractivity contribution >= 4 is 23.1 Å². The fourth-order valence-corrected chi connectivity index (χ4v) is 1.76. The molecule has 0 aliphatic carbocycles. The highest BCUT2D eigenvalue weighted by molar-refractivity contribution is 7.80. The summed E-state index contributed by atoms with van der Waals surface area (Å²) in [6, 6.07) is 9.00. The minimum absolute atomic E-state index is 0.235. The Morgan fingerprint density at radius 1 is 1.39 bits per heavy atom. The van der Waals surface area contributed by atoms with E-state index in [1.807, 2.05) is 24.3 Å². The number of carbonyl (C=O) groups is 1. The number of nitrogens with one attached hydrogen (secondary N) is 1. The maximum Gasteiger partial charge on any atom is 0.271 e. The summed E-state index contributed by atoms with van der Waals surface area (Å²) >= 11 is 4.99. The van der Waals surface area contributed by atoms with Gasteiger partial charge >= 0.3 is 0 Å². The van der Waals surface area contributed by atoms with Crippen molar-refractivity contribution in [1.29, 1.82) is 0 Å². The van der Waals surface area contributed by atoms with Gasteiger partial charge in [0, 0.05) is 18.8 Å². The van der Waals surface area contributed by atoms with Crippen molar-refractivity contribution in [3.05, 3.63) is 47.8 Å². The first kappa shape index (κ1) is 12.3. The van der Waals surface area contributed by atoms with Crippen LogP contribution in [0, 0.1) is 0 Å². The molecule has 0 spiro atoms. The minimum Gasteiger partial charge on any atom is -0.389 e. The van der Waals surface area contributed by atoms with E-state index in [-0.39, 0.29) is 5.91 Å². The van der Waals surface area contributed by atoms with Crippen LogP contribution in [0.2, 0.25) is 0 Å². The number of thiocarbonyl (C=S) groups is 1. The summed E-state index contributed by atoms with van der Waals surface area (Å²) in [5, 5.41) is 6.70. The summed E-state index contributed by atoms with van der Waals surface area (Å²) in [4.78, 5) is 11.7. The molecule has 0 saturated carbocycles. The second-order valence-electron chi connectivity index (χ2n) is 3.61. The van der Waals surface area contributed by atoms with Gasteiger partial charge in [0.25, 0.3) is 5.91 Å². The van der Waals surface area contributed by atoms with Gasteiger partial charge in [0.1, 0.15) is 4.99 Å². The number of benzene rings is 1. The van der Waals surface area contributed by atoms with Gasteiger partial charge in [-0.3, -0.25) is 4.79 Å². The molecule has 6 heteroatoms. The normalized spacial score (nSPS) is 10.1. The van der Waals surface area contributed by atoms with Gasteiger partial charge in [-0.1, -0.05) is 24.4 Å². The van der Waals surface area contributed by atoms with Crippen molar-refractivity contribution in [3.63, 3.8) is 0 Å². The summed E-state index contributed by atoms with van der Waals surface area (Å²) in [7, 11) is 1.56. The first-order chi connectivity index (χ1) is 8.63. The lowest BCUT2D eigenvalue weighted by molar-refractivity contribution is 0.0957. The number of nitrogens with two attached hydrogens (primary N) is 1. The lowest BCUT2D eigenvalue weighted by atomic mass is 10.2. The molecule has 0 fully saturated rings. The number of hydrogen-bond donors (Lipinski definition) is 2. The van der Waals surface area contributed by atoms with Crippen LogP contribution in [-0.4, -0.2) is 27.7 Å². The molecule has 0 aliphatic heterocycles. The molecular formula is C12H12N4OS. The second-order valence-corrected chi connectivity index (χ2v) is 4.05. The molecule has 0 atom stereocenters. The van der Waals surface area contributed by atoms with Gasteiger partial charge < -0.3 is 11.1 Å². The predicted molar refractivity (Wildman–Crippen MR) is 72.8 cm³/mol. The molecular weight excluding hydrogens is 248 g/mol. The van der Waals surface area contributed by atoms with E-state index in [1.165, 1.54) is 0 Å². The summed E-state index contributed by atoms with van der Waals surface area (Å²) < 4.78 is 1.58. The fraction of sp³-hybridized carbons (Fsp3) is 0.0833. The summed E-state index contributed by atoms with van der Waals surface area (Å²) in [6.07, 6.45) is 1.70. The molecule has 92 valence electrons. The molecule has 0 unspecified atom stereocenters. The first-order valence-corrected chi connectivity index (χ1v) is 5.71. The van der Waals surface area contributed by atoms with E-state index in [4.69, 9.17) is 18.0 Å². The Morgan fingerprint density at radius 2 is 2.11 bits per heavy atom. The molecule has 3 N–H and O–H groups in total. The lowest BCUT2D eigenvalue weighted by Crippen LogP contribution is -2.19. The Kier molecular flexibility index (Phi) is 3.38. The summed E-state index contributed by atoms with van der Waals surface area (Å²) in [5.41, 5.74) is 7.47. The van der Waals surface area contributed by atoms with Crippen molar-refractivity contribution in [3.8, 4) is 5.69 Å². The van der Waals surface area contributed by atoms with E-state index in [2.05, 4.69) is 10.4 Å². The molecule has 2 aromatic rings. The van der Waals surface area contributed by atoms with Gasteiger partial charge in [-0.15, -0.1) is 0 Å². The zero-order valence-corrected chi connectivity index (χ0v) is 10.6. The van der Waals surface area contributed by atoms with Crippen LogP contribution < -0.4 is 11.1 Å². The molecule has 18 heavy (non-hydrogen) atoms. The minimum atomic E-state index is -0.235. The monoisotopic (exact) mass is 260 g/mol. The van der Waals surface area contributed by atoms with Gasteiger partial charge in [-0.2, -0.15) is 5.10 Å². The Hall–Kier alpha value is -2.21. The van der Waals surface area contributed by atoms with Gasteiger partial charge in [0.05, 0.1) is 5.69 Å². The third-order valence-corrected chi connectivity index (χ3v) is 2.69. The van der Waals surface area contributed by atoms with Crippen molar-refractivity contribution in [1.82, 2.24) is 15.1 Å². The van der Waals surface area contributed by atoms with Crippen LogP contribution >= 0.6 is 12.2 Å². The Balaban J connectivity index is 2.46. The molecule has 5 nitrogen and oxygen atoms in total. The van der Waals surface area contributed by atoms with E-state index in [9.17, 15) is 4.79 Å². The molecule has 1 aromatic heterocycles. The first-order valence-electron chi connectivity index (χ1n) is 5.30. The SMILES string of the molecule is CNC(=O)c1ccn(-c2ccccc2C(N)=S)n1. The highest BCUT2D eigenvalue weighted by atomic mass is 32.1. The maximum atomic E-state index is 11.4. The third-order valence-electron chi connectivity index (χ3n) is 2.47. The van der Waals surface area contributed by atoms with E-state index >= 15 is 0 Å². The van der Waals surface area contributed by atoms with Crippen LogP contribution in [0.25, 0.3) is 5.69 Å². The second kappa shape index (κ2) is 4.97. The van der Waals surface area contributed by atoms with Crippen LogP contribution in [0.5, 0.6) is 0 Å². The molecule has 1 aromatic carbocycles. The number of rotatable bonds is 3. The topological polar surface area (TPSA) is 72.9 Å². The summed E-state index contributed by atoms with van der Waals surface area (Å²) in [5.74, 6) is -0.235. The fourth-order valence-electron chi connectivity index (χ4n) is 1.59. The van der Waals surface area contributed by atoms with Crippen LogP contribution in [0.15, 0.2) is 36.5 Å². The molecule has 0 radical (unpaired) electrons. The van der Waals surface area contributed by atoms with Crippen LogP contribution in [0.4, 0.5) is 0 Å². The predicted octanol–water partition coefficient (Wildman–Crippen LogP) is 0.866. The number of carbonyl (C=O) groups excluding carboxylic acids is 1. The molecule has 0 saturated heterocycles. The van der Waals surface area contributed by atoms with Crippen molar-refractivity contribution in [2.45, 2.75) is 0 Å². The number of para-hydroxylation sites is 1. The number of hydrogen-bond acceptors (Lipinski definition) is 3. The highest BCUT2D eigenvalue weighted by Gasteiger charge is 2.11. The average Bonchev–Trinajstić information content (AvgIpc) is 2.87. The number of nitrogens with zero attached hydrogens (tertiary/aromatic N) is 2. The van der Waals surface area contributed by atoms with Crippen LogP contribution in [0.3, 0.4) is 0 Å². The third kappa shape index (κ3) is 2.23. The molecule has 0 aliphatic rings. The van der Waals surface area contributed by atoms with Crippen LogP contribution in [-0.2, 0) is 0 Å². The van der Waals surface area contributed by atoms with Gasteiger partial charge in [0.15, 0.2) is 5.69 Å². The van der Waals surface area contributed by atoms with Crippen LogP contribution in [0.1, 0.15) is 16.1 Å². The van der Waals surface area contributed by atoms with Gasteiger partial charge in [-0.05, 0) is 18.2 Å². The van der Waals surface area contributed by atoms with Crippen molar-refractivity contribution < 1.29 is 4.79 Å². The van der Waals surface area contributed by atoms with E-state index < -0.39 is 0 Å². The van der Waals surface area contributed by atoms with E-state index in [0.29, 0.717) is 10.7 Å². The standard InChI is InChI=1S/C12H12N4OS/c1-14-12(17)9-6-7-16(15-9)10-5-3-2-4-8(10)11(13)18/h2-7H,1H3,(H2,13,18)(H,14,17). The van der Waals surface area contributed by atoms with E-state index in [0.717, 1.165) is 11.3 Å². The largest absolute Gasteiger partial charge is 0.389 e. The molecule has 1 amide bonds. The molecule has 0 bridgehead atoms. The summed E-state index contributed by atoms with van der Waals surface area (Å²) in [6.45, 7) is 0. The maximum absolute atomic E-state index is 11.4. The smallest absolute Gasteiger partial charge is 0.271 e. The van der Waals surface area contributed by atoms with Crippen molar-refractivity contribution in [2.75, 3.05) is 7.05 Å². The number of aromatic nitrogens is 2. The molecule has 1 heterocycles. The Morgan fingerprint density at radius 3 is 2.78 bits per heavy atom. The average molecular weight is 260 g/mol. The highest BCUT2D eigenvalue weighted by Crippen LogP contribution is 2.14. The molecule has 2 rings (SSSR count). The number of amides is 1.